The summed E-state index contributed by atoms with van der Waals surface area (Å²) >= 11 is 0. The number of ether oxygens (including phenoxy) is 1. The van der Waals surface area contributed by atoms with E-state index in [1.807, 2.05) is 6.92 Å². The number of furan rings is 1. The zero-order valence-corrected chi connectivity index (χ0v) is 13.1. The van der Waals surface area contributed by atoms with Crippen LogP contribution in [0.4, 0.5) is 0 Å². The molecule has 1 aromatic heterocycles. The number of hydrogen-bond donors (Lipinski definition) is 1. The lowest BCUT2D eigenvalue weighted by Crippen LogP contribution is -2.34. The maximum absolute atomic E-state index is 5.97. The SMILES string of the molecule is CCCNCc1cc(COC2CCN(C)CC2)oc1C. The first-order valence-corrected chi connectivity index (χ1v) is 7.78. The van der Waals surface area contributed by atoms with Gasteiger partial charge in [-0.25, -0.2) is 0 Å². The topological polar surface area (TPSA) is 37.6 Å². The molecule has 1 saturated heterocycles. The first-order valence-electron chi connectivity index (χ1n) is 7.78. The van der Waals surface area contributed by atoms with Crippen LogP contribution in [0.5, 0.6) is 0 Å². The molecule has 114 valence electrons. The lowest BCUT2D eigenvalue weighted by atomic mass is 10.1. The van der Waals surface area contributed by atoms with Crippen molar-refractivity contribution >= 4 is 0 Å². The van der Waals surface area contributed by atoms with Gasteiger partial charge in [0.05, 0.1) is 6.10 Å². The molecule has 1 fully saturated rings. The molecule has 0 bridgehead atoms. The van der Waals surface area contributed by atoms with Gasteiger partial charge in [-0.3, -0.25) is 0 Å². The molecule has 0 amide bonds. The summed E-state index contributed by atoms with van der Waals surface area (Å²) in [5, 5.41) is 3.41. The molecule has 4 heteroatoms. The van der Waals surface area contributed by atoms with Crippen LogP contribution in [0.15, 0.2) is 10.5 Å². The Hall–Kier alpha value is -0.840. The lowest BCUT2D eigenvalue weighted by molar-refractivity contribution is -0.00500. The summed E-state index contributed by atoms with van der Waals surface area (Å²) in [7, 11) is 2.17. The van der Waals surface area contributed by atoms with E-state index in [1.54, 1.807) is 0 Å². The van der Waals surface area contributed by atoms with Gasteiger partial charge in [-0.2, -0.15) is 0 Å². The van der Waals surface area contributed by atoms with Crippen LogP contribution in [-0.2, 0) is 17.9 Å². The number of piperidine rings is 1. The van der Waals surface area contributed by atoms with Crippen LogP contribution >= 0.6 is 0 Å². The minimum atomic E-state index is 0.387. The van der Waals surface area contributed by atoms with Crippen molar-refractivity contribution in [3.63, 3.8) is 0 Å². The van der Waals surface area contributed by atoms with Gasteiger partial charge in [0.2, 0.25) is 0 Å². The second kappa shape index (κ2) is 7.81. The number of nitrogens with one attached hydrogen (secondary N) is 1. The highest BCUT2D eigenvalue weighted by atomic mass is 16.5. The molecule has 20 heavy (non-hydrogen) atoms. The predicted octanol–water partition coefficient (Wildman–Crippen LogP) is 2.70. The number of rotatable bonds is 7. The second-order valence-corrected chi connectivity index (χ2v) is 5.78. The Kier molecular flexibility index (Phi) is 6.07. The highest BCUT2D eigenvalue weighted by Gasteiger charge is 2.17. The molecule has 2 rings (SSSR count). The van der Waals surface area contributed by atoms with Gasteiger partial charge in [0.25, 0.3) is 0 Å². The Labute approximate surface area is 122 Å². The number of aryl methyl sites for hydroxylation is 1. The normalized spacial score (nSPS) is 17.8. The molecule has 0 radical (unpaired) electrons. The molecule has 1 aliphatic heterocycles. The molecule has 0 atom stereocenters. The van der Waals surface area contributed by atoms with Crippen molar-refractivity contribution in [2.75, 3.05) is 26.7 Å². The number of nitrogens with zero attached hydrogens (tertiary/aromatic N) is 1. The smallest absolute Gasteiger partial charge is 0.130 e. The van der Waals surface area contributed by atoms with E-state index in [4.69, 9.17) is 9.15 Å². The van der Waals surface area contributed by atoms with Gasteiger partial charge in [-0.05, 0) is 45.8 Å². The van der Waals surface area contributed by atoms with Crippen LogP contribution in [0.1, 0.15) is 43.3 Å². The summed E-state index contributed by atoms with van der Waals surface area (Å²) in [4.78, 5) is 2.36. The molecule has 0 spiro atoms. The van der Waals surface area contributed by atoms with Crippen LogP contribution in [0, 0.1) is 6.92 Å². The van der Waals surface area contributed by atoms with Gasteiger partial charge in [-0.15, -0.1) is 0 Å². The number of likely N-dealkylation sites (tertiary alicyclic amines) is 1. The highest BCUT2D eigenvalue weighted by molar-refractivity contribution is 5.20. The average molecular weight is 280 g/mol. The zero-order valence-electron chi connectivity index (χ0n) is 13.1. The summed E-state index contributed by atoms with van der Waals surface area (Å²) in [5.41, 5.74) is 1.25. The van der Waals surface area contributed by atoms with Crippen LogP contribution in [0.3, 0.4) is 0 Å². The van der Waals surface area contributed by atoms with E-state index in [-0.39, 0.29) is 0 Å². The van der Waals surface area contributed by atoms with E-state index in [9.17, 15) is 0 Å². The second-order valence-electron chi connectivity index (χ2n) is 5.78. The largest absolute Gasteiger partial charge is 0.464 e. The predicted molar refractivity (Wildman–Crippen MR) is 80.8 cm³/mol. The summed E-state index contributed by atoms with van der Waals surface area (Å²) in [6.45, 7) is 9.01. The van der Waals surface area contributed by atoms with Crippen LogP contribution < -0.4 is 5.32 Å². The van der Waals surface area contributed by atoms with E-state index in [2.05, 4.69) is 30.3 Å². The molecule has 0 aromatic carbocycles. The Bertz CT molecular complexity index is 395. The van der Waals surface area contributed by atoms with Crippen LogP contribution in [0.25, 0.3) is 0 Å². The minimum Gasteiger partial charge on any atom is -0.464 e. The Morgan fingerprint density at radius 2 is 2.15 bits per heavy atom. The maximum atomic E-state index is 5.97. The van der Waals surface area contributed by atoms with Crippen LogP contribution in [-0.4, -0.2) is 37.7 Å². The zero-order chi connectivity index (χ0) is 14.4. The van der Waals surface area contributed by atoms with Crippen molar-refractivity contribution in [1.82, 2.24) is 10.2 Å². The third kappa shape index (κ3) is 4.62. The van der Waals surface area contributed by atoms with Gasteiger partial charge in [-0.1, -0.05) is 6.92 Å². The molecule has 0 unspecified atom stereocenters. The van der Waals surface area contributed by atoms with E-state index < -0.39 is 0 Å². The van der Waals surface area contributed by atoms with Gasteiger partial charge in [0.1, 0.15) is 18.1 Å². The van der Waals surface area contributed by atoms with Crippen molar-refractivity contribution in [2.24, 2.45) is 0 Å². The van der Waals surface area contributed by atoms with E-state index in [0.717, 1.165) is 57.0 Å². The van der Waals surface area contributed by atoms with E-state index in [1.165, 1.54) is 5.56 Å². The summed E-state index contributed by atoms with van der Waals surface area (Å²) in [6.07, 6.45) is 3.80. The molecule has 0 saturated carbocycles. The molecule has 0 aliphatic carbocycles. The van der Waals surface area contributed by atoms with Gasteiger partial charge < -0.3 is 19.4 Å². The summed E-state index contributed by atoms with van der Waals surface area (Å²) < 4.78 is 11.8. The Morgan fingerprint density at radius 1 is 1.40 bits per heavy atom. The Morgan fingerprint density at radius 3 is 2.85 bits per heavy atom. The van der Waals surface area contributed by atoms with E-state index in [0.29, 0.717) is 12.7 Å². The summed E-state index contributed by atoms with van der Waals surface area (Å²) in [6, 6.07) is 2.13. The van der Waals surface area contributed by atoms with Gasteiger partial charge in [0, 0.05) is 25.2 Å². The molecular formula is C16H28N2O2. The molecule has 1 aromatic rings. The van der Waals surface area contributed by atoms with Crippen molar-refractivity contribution in [3.8, 4) is 0 Å². The minimum absolute atomic E-state index is 0.387. The molecule has 2 heterocycles. The fourth-order valence-corrected chi connectivity index (χ4v) is 2.59. The fraction of sp³-hybridized carbons (Fsp3) is 0.750. The molecule has 4 nitrogen and oxygen atoms in total. The molecular weight excluding hydrogens is 252 g/mol. The average Bonchev–Trinajstić information content (AvgIpc) is 2.79. The van der Waals surface area contributed by atoms with E-state index >= 15 is 0 Å². The molecule has 1 N–H and O–H groups in total. The van der Waals surface area contributed by atoms with Crippen molar-refractivity contribution in [2.45, 2.75) is 52.4 Å². The standard InChI is InChI=1S/C16H28N2O2/c1-4-7-17-11-14-10-16(20-13(14)2)12-19-15-5-8-18(3)9-6-15/h10,15,17H,4-9,11-12H2,1-3H3. The third-order valence-corrected chi connectivity index (χ3v) is 3.94. The first-order chi connectivity index (χ1) is 9.69. The first kappa shape index (κ1) is 15.5. The monoisotopic (exact) mass is 280 g/mol. The Balaban J connectivity index is 1.76. The highest BCUT2D eigenvalue weighted by Crippen LogP contribution is 2.18. The quantitative estimate of drug-likeness (QED) is 0.779. The summed E-state index contributed by atoms with van der Waals surface area (Å²) in [5.74, 6) is 1.96. The number of hydrogen-bond acceptors (Lipinski definition) is 4. The maximum Gasteiger partial charge on any atom is 0.130 e. The van der Waals surface area contributed by atoms with Gasteiger partial charge in [0.15, 0.2) is 0 Å². The fourth-order valence-electron chi connectivity index (χ4n) is 2.59. The van der Waals surface area contributed by atoms with Crippen LogP contribution in [0.2, 0.25) is 0 Å². The van der Waals surface area contributed by atoms with Crippen molar-refractivity contribution in [3.05, 3.63) is 23.2 Å². The van der Waals surface area contributed by atoms with Crippen molar-refractivity contribution < 1.29 is 9.15 Å². The third-order valence-electron chi connectivity index (χ3n) is 3.94. The van der Waals surface area contributed by atoms with Gasteiger partial charge >= 0.3 is 0 Å². The lowest BCUT2D eigenvalue weighted by Gasteiger charge is -2.28. The van der Waals surface area contributed by atoms with Crippen molar-refractivity contribution in [1.29, 1.82) is 0 Å². The molecule has 1 aliphatic rings.